The van der Waals surface area contributed by atoms with Crippen LogP contribution in [-0.2, 0) is 22.7 Å². The highest BCUT2D eigenvalue weighted by atomic mass is 16.6. The summed E-state index contributed by atoms with van der Waals surface area (Å²) in [5, 5.41) is 11.5. The van der Waals surface area contributed by atoms with Crippen molar-refractivity contribution in [2.45, 2.75) is 13.2 Å². The number of amides is 2. The first-order valence-electron chi connectivity index (χ1n) is 13.1. The molecule has 14 heteroatoms. The van der Waals surface area contributed by atoms with E-state index in [2.05, 4.69) is 21.3 Å². The van der Waals surface area contributed by atoms with Crippen molar-refractivity contribution in [2.75, 3.05) is 39.3 Å². The molecule has 0 saturated heterocycles. The Hall–Kier alpha value is -5.08. The van der Waals surface area contributed by atoms with Gasteiger partial charge in [0, 0.05) is 50.4 Å². The third-order valence-corrected chi connectivity index (χ3v) is 5.65. The van der Waals surface area contributed by atoms with Crippen molar-refractivity contribution in [2.24, 2.45) is 0 Å². The fourth-order valence-electron chi connectivity index (χ4n) is 3.72. The molecule has 222 valence electrons. The van der Waals surface area contributed by atoms with E-state index in [1.54, 1.807) is 48.5 Å². The number of benzene rings is 2. The molecule has 0 bridgehead atoms. The number of hydrogen-bond donors (Lipinski definition) is 4. The van der Waals surface area contributed by atoms with Crippen LogP contribution in [0.25, 0.3) is 22.6 Å². The van der Waals surface area contributed by atoms with E-state index < -0.39 is 23.8 Å². The Morgan fingerprint density at radius 3 is 1.33 bits per heavy atom. The van der Waals surface area contributed by atoms with Gasteiger partial charge in [-0.25, -0.2) is 19.2 Å². The van der Waals surface area contributed by atoms with Crippen LogP contribution in [0.1, 0.15) is 11.5 Å². The van der Waals surface area contributed by atoms with Crippen LogP contribution < -0.4 is 32.9 Å². The Kier molecular flexibility index (Phi) is 11.1. The van der Waals surface area contributed by atoms with Crippen molar-refractivity contribution in [1.82, 2.24) is 21.3 Å². The van der Waals surface area contributed by atoms with Crippen LogP contribution in [0.4, 0.5) is 9.59 Å². The highest BCUT2D eigenvalue weighted by molar-refractivity contribution is 5.68. The van der Waals surface area contributed by atoms with E-state index in [-0.39, 0.29) is 36.3 Å². The van der Waals surface area contributed by atoms with Gasteiger partial charge in [0.05, 0.1) is 0 Å². The van der Waals surface area contributed by atoms with Crippen molar-refractivity contribution in [3.8, 4) is 22.6 Å². The maximum atomic E-state index is 12.0. The molecule has 0 aliphatic heterocycles. The molecule has 0 aliphatic carbocycles. The number of carbonyl (C=O) groups excluding carboxylic acids is 2. The number of nitrogens with one attached hydrogen (secondary N) is 4. The molecule has 2 heterocycles. The molecule has 0 spiro atoms. The van der Waals surface area contributed by atoms with E-state index in [0.717, 1.165) is 0 Å². The second-order valence-corrected chi connectivity index (χ2v) is 8.65. The Morgan fingerprint density at radius 2 is 0.929 bits per heavy atom. The number of hydrogen-bond acceptors (Lipinski definition) is 12. The smallest absolute Gasteiger partial charge is 0.441 e. The Bertz CT molecular complexity index is 1410. The normalized spacial score (nSPS) is 10.8. The van der Waals surface area contributed by atoms with Gasteiger partial charge in [0.1, 0.15) is 0 Å². The monoisotopic (exact) mass is 582 g/mol. The van der Waals surface area contributed by atoms with Crippen LogP contribution in [0, 0.1) is 0 Å². The van der Waals surface area contributed by atoms with Gasteiger partial charge >= 0.3 is 23.8 Å². The minimum atomic E-state index is -0.874. The minimum absolute atomic E-state index is 0.122. The second-order valence-electron chi connectivity index (χ2n) is 8.65. The van der Waals surface area contributed by atoms with Crippen molar-refractivity contribution in [3.63, 3.8) is 0 Å². The number of rotatable bonds is 15. The molecular formula is C28H30N4O10. The average Bonchev–Trinajstić information content (AvgIpc) is 3.58. The maximum absolute atomic E-state index is 12.0. The van der Waals surface area contributed by atoms with Gasteiger partial charge in [0.15, 0.2) is 36.3 Å². The number of ether oxygens (including phenoxy) is 2. The summed E-state index contributed by atoms with van der Waals surface area (Å²) in [6.45, 7) is 2.34. The molecular weight excluding hydrogens is 552 g/mol. The lowest BCUT2D eigenvalue weighted by atomic mass is 10.1. The van der Waals surface area contributed by atoms with Gasteiger partial charge in [-0.15, -0.1) is 0 Å². The molecule has 14 nitrogen and oxygen atoms in total. The lowest BCUT2D eigenvalue weighted by Crippen LogP contribution is -2.37. The fraction of sp³-hybridized carbons (Fsp3) is 0.286. The molecule has 2 amide bonds. The molecule has 4 aromatic rings. The van der Waals surface area contributed by atoms with Crippen LogP contribution in [0.5, 0.6) is 0 Å². The molecule has 0 radical (unpaired) electrons. The largest absolute Gasteiger partial charge is 0.519 e. The summed E-state index contributed by atoms with van der Waals surface area (Å²) in [6, 6.07) is 17.8. The minimum Gasteiger partial charge on any atom is -0.441 e. The van der Waals surface area contributed by atoms with E-state index in [1.165, 1.54) is 0 Å². The molecule has 2 aromatic carbocycles. The lowest BCUT2D eigenvalue weighted by Gasteiger charge is -2.09. The lowest BCUT2D eigenvalue weighted by molar-refractivity contribution is 0.130. The quantitative estimate of drug-likeness (QED) is 0.150. The average molecular weight is 583 g/mol. The number of carbonyl (C=O) groups is 2. The molecule has 4 rings (SSSR count). The Morgan fingerprint density at radius 1 is 0.548 bits per heavy atom. The molecule has 0 aliphatic rings. The first kappa shape index (κ1) is 29.9. The zero-order valence-corrected chi connectivity index (χ0v) is 22.5. The van der Waals surface area contributed by atoms with E-state index in [1.807, 2.05) is 12.1 Å². The van der Waals surface area contributed by atoms with Crippen molar-refractivity contribution < 1.29 is 36.7 Å². The van der Waals surface area contributed by atoms with Gasteiger partial charge in [-0.05, 0) is 0 Å². The summed E-state index contributed by atoms with van der Waals surface area (Å²) in [6.07, 6.45) is -1.33. The topological polar surface area (TPSA) is 187 Å². The van der Waals surface area contributed by atoms with E-state index in [9.17, 15) is 19.2 Å². The highest BCUT2D eigenvalue weighted by Crippen LogP contribution is 2.24. The molecule has 0 atom stereocenters. The zero-order chi connectivity index (χ0) is 29.6. The van der Waals surface area contributed by atoms with Gasteiger partial charge in [-0.3, -0.25) is 0 Å². The van der Waals surface area contributed by atoms with Crippen LogP contribution in [-0.4, -0.2) is 51.5 Å². The first-order valence-corrected chi connectivity index (χ1v) is 13.1. The van der Waals surface area contributed by atoms with Gasteiger partial charge in [0.25, 0.3) is 0 Å². The van der Waals surface area contributed by atoms with E-state index in [4.69, 9.17) is 27.1 Å². The molecule has 0 unspecified atom stereocenters. The van der Waals surface area contributed by atoms with Crippen molar-refractivity contribution in [1.29, 1.82) is 0 Å². The van der Waals surface area contributed by atoms with Gasteiger partial charge in [0.2, 0.25) is 0 Å². The predicted molar refractivity (Wildman–Crippen MR) is 147 cm³/mol. The molecule has 4 N–H and O–H groups in total. The standard InChI is InChI=1S/C28H30N4O10/c33-25(37-17-21-23(41-27(35)39-21)19-7-3-1-4-8-19)31-15-13-29-11-12-30-14-16-32-26(34)38-18-22-24(42-28(36)40-22)20-9-5-2-6-10-20/h1-10,29-30H,11-18H2,(H,31,33)(H,32,34). The Labute approximate surface area is 239 Å². The first-order chi connectivity index (χ1) is 20.5. The van der Waals surface area contributed by atoms with Gasteiger partial charge < -0.3 is 48.4 Å². The number of alkyl carbamates (subject to hydrolysis) is 2. The predicted octanol–water partition coefficient (Wildman–Crippen LogP) is 2.44. The zero-order valence-electron chi connectivity index (χ0n) is 22.5. The van der Waals surface area contributed by atoms with Crippen LogP contribution in [0.15, 0.2) is 87.9 Å². The summed E-state index contributed by atoms with van der Waals surface area (Å²) < 4.78 is 30.3. The Balaban J connectivity index is 1.01. The van der Waals surface area contributed by atoms with Gasteiger partial charge in [-0.2, -0.15) is 0 Å². The van der Waals surface area contributed by atoms with E-state index >= 15 is 0 Å². The van der Waals surface area contributed by atoms with Crippen molar-refractivity contribution >= 4 is 12.2 Å². The molecule has 0 fully saturated rings. The van der Waals surface area contributed by atoms with Crippen LogP contribution in [0.3, 0.4) is 0 Å². The summed E-state index contributed by atoms with van der Waals surface area (Å²) in [5.74, 6) is -1.07. The third-order valence-electron chi connectivity index (χ3n) is 5.65. The second kappa shape index (κ2) is 15.6. The van der Waals surface area contributed by atoms with E-state index in [0.29, 0.717) is 50.4 Å². The summed E-state index contributed by atoms with van der Waals surface area (Å²) in [4.78, 5) is 46.9. The highest BCUT2D eigenvalue weighted by Gasteiger charge is 2.18. The molecule has 42 heavy (non-hydrogen) atoms. The summed E-state index contributed by atoms with van der Waals surface area (Å²) in [7, 11) is 0. The van der Waals surface area contributed by atoms with Crippen molar-refractivity contribution in [3.05, 3.63) is 93.4 Å². The maximum Gasteiger partial charge on any atom is 0.519 e. The third kappa shape index (κ3) is 9.25. The van der Waals surface area contributed by atoms with Crippen LogP contribution >= 0.6 is 0 Å². The van der Waals surface area contributed by atoms with Crippen LogP contribution in [0.2, 0.25) is 0 Å². The summed E-state index contributed by atoms with van der Waals surface area (Å²) in [5.41, 5.74) is 1.27. The molecule has 2 aromatic heterocycles. The summed E-state index contributed by atoms with van der Waals surface area (Å²) >= 11 is 0. The fourth-order valence-corrected chi connectivity index (χ4v) is 3.72. The molecule has 0 saturated carbocycles. The SMILES string of the molecule is O=C(NCCNCCNCCNC(=O)OCc1oc(=O)oc1-c1ccccc1)OCc1oc(=O)oc1-c1ccccc1. The van der Waals surface area contributed by atoms with Gasteiger partial charge in [-0.1, -0.05) is 60.7 Å².